The molecule has 19 heavy (non-hydrogen) atoms. The summed E-state index contributed by atoms with van der Waals surface area (Å²) in [6, 6.07) is 7.20. The summed E-state index contributed by atoms with van der Waals surface area (Å²) in [5.74, 6) is -4.79. The van der Waals surface area contributed by atoms with E-state index in [-0.39, 0.29) is 12.6 Å². The molecule has 0 bridgehead atoms. The van der Waals surface area contributed by atoms with Gasteiger partial charge < -0.3 is 10.1 Å². The monoisotopic (exact) mass is 289 g/mol. The van der Waals surface area contributed by atoms with Gasteiger partial charge in [0.05, 0.1) is 6.42 Å². The third kappa shape index (κ3) is 3.42. The molecule has 1 fully saturated rings. The van der Waals surface area contributed by atoms with Crippen LogP contribution < -0.4 is 5.32 Å². The van der Waals surface area contributed by atoms with Gasteiger partial charge in [-0.25, -0.2) is 4.79 Å². The topological polar surface area (TPSA) is 38.3 Å². The number of carbonyl (C=O) groups excluding carboxylic acids is 1. The number of rotatable bonds is 4. The first-order valence-corrected chi connectivity index (χ1v) is 6.34. The van der Waals surface area contributed by atoms with Gasteiger partial charge in [-0.05, 0) is 24.6 Å². The minimum atomic E-state index is -3.36. The van der Waals surface area contributed by atoms with E-state index in [4.69, 9.17) is 11.6 Å². The molecule has 1 aromatic carbocycles. The predicted molar refractivity (Wildman–Crippen MR) is 67.3 cm³/mol. The Balaban J connectivity index is 1.88. The summed E-state index contributed by atoms with van der Waals surface area (Å²) in [6.07, 6.45) is -1.36. The van der Waals surface area contributed by atoms with Crippen LogP contribution in [0.5, 0.6) is 0 Å². The molecular weight excluding hydrogens is 276 g/mol. The molecule has 2 atom stereocenters. The SMILES string of the molecule is C[C@@H](NCC1CC(F)(F)C(=O)O1)c1cccc(Cl)c1. The minimum Gasteiger partial charge on any atom is -0.456 e. The highest BCUT2D eigenvalue weighted by molar-refractivity contribution is 6.30. The third-order valence-corrected chi connectivity index (χ3v) is 3.29. The number of ether oxygens (including phenoxy) is 1. The molecule has 0 saturated carbocycles. The maximum atomic E-state index is 13.0. The van der Waals surface area contributed by atoms with Crippen LogP contribution in [0.15, 0.2) is 24.3 Å². The normalized spacial score (nSPS) is 23.2. The number of halogens is 3. The van der Waals surface area contributed by atoms with E-state index < -0.39 is 24.4 Å². The van der Waals surface area contributed by atoms with Crippen molar-refractivity contribution in [2.75, 3.05) is 6.54 Å². The molecule has 0 aromatic heterocycles. The van der Waals surface area contributed by atoms with Crippen molar-refractivity contribution in [1.82, 2.24) is 5.32 Å². The molecule has 1 unspecified atom stereocenters. The fourth-order valence-electron chi connectivity index (χ4n) is 1.96. The Morgan fingerprint density at radius 2 is 2.32 bits per heavy atom. The van der Waals surface area contributed by atoms with Crippen molar-refractivity contribution in [3.05, 3.63) is 34.9 Å². The zero-order chi connectivity index (χ0) is 14.0. The maximum Gasteiger partial charge on any atom is 0.377 e. The minimum absolute atomic E-state index is 0.0633. The summed E-state index contributed by atoms with van der Waals surface area (Å²) in [7, 11) is 0. The van der Waals surface area contributed by atoms with Crippen LogP contribution in [-0.4, -0.2) is 24.5 Å². The van der Waals surface area contributed by atoms with Gasteiger partial charge in [-0.15, -0.1) is 0 Å². The number of carbonyl (C=O) groups is 1. The van der Waals surface area contributed by atoms with E-state index in [0.717, 1.165) is 5.56 Å². The zero-order valence-corrected chi connectivity index (χ0v) is 11.1. The smallest absolute Gasteiger partial charge is 0.377 e. The maximum absolute atomic E-state index is 13.0. The van der Waals surface area contributed by atoms with Crippen LogP contribution in [0, 0.1) is 0 Å². The van der Waals surface area contributed by atoms with Gasteiger partial charge in [-0.2, -0.15) is 8.78 Å². The lowest BCUT2D eigenvalue weighted by Gasteiger charge is -2.17. The van der Waals surface area contributed by atoms with E-state index in [0.29, 0.717) is 5.02 Å². The number of nitrogens with one attached hydrogen (secondary N) is 1. The van der Waals surface area contributed by atoms with Crippen molar-refractivity contribution in [2.45, 2.75) is 31.4 Å². The number of hydrogen-bond acceptors (Lipinski definition) is 3. The molecule has 3 nitrogen and oxygen atoms in total. The Hall–Kier alpha value is -1.20. The molecule has 0 aliphatic carbocycles. The van der Waals surface area contributed by atoms with Crippen LogP contribution in [0.4, 0.5) is 8.78 Å². The van der Waals surface area contributed by atoms with Crippen LogP contribution in [-0.2, 0) is 9.53 Å². The van der Waals surface area contributed by atoms with E-state index in [1.165, 1.54) is 0 Å². The third-order valence-electron chi connectivity index (χ3n) is 3.06. The molecule has 0 spiro atoms. The van der Waals surface area contributed by atoms with E-state index in [9.17, 15) is 13.6 Å². The van der Waals surface area contributed by atoms with Gasteiger partial charge in [-0.3, -0.25) is 0 Å². The van der Waals surface area contributed by atoms with Crippen molar-refractivity contribution < 1.29 is 18.3 Å². The fraction of sp³-hybridized carbons (Fsp3) is 0.462. The van der Waals surface area contributed by atoms with Crippen molar-refractivity contribution in [1.29, 1.82) is 0 Å². The number of benzene rings is 1. The van der Waals surface area contributed by atoms with Gasteiger partial charge in [0.25, 0.3) is 0 Å². The highest BCUT2D eigenvalue weighted by Gasteiger charge is 2.50. The van der Waals surface area contributed by atoms with Crippen LogP contribution in [0.3, 0.4) is 0 Å². The van der Waals surface area contributed by atoms with Crippen molar-refractivity contribution in [2.24, 2.45) is 0 Å². The van der Waals surface area contributed by atoms with Crippen LogP contribution in [0.25, 0.3) is 0 Å². The summed E-state index contributed by atoms with van der Waals surface area (Å²) in [5.41, 5.74) is 0.948. The lowest BCUT2D eigenvalue weighted by molar-refractivity contribution is -0.159. The average molecular weight is 290 g/mol. The zero-order valence-electron chi connectivity index (χ0n) is 10.3. The van der Waals surface area contributed by atoms with Crippen molar-refractivity contribution in [3.8, 4) is 0 Å². The van der Waals surface area contributed by atoms with Gasteiger partial charge in [0.1, 0.15) is 6.10 Å². The first-order valence-electron chi connectivity index (χ1n) is 5.96. The Morgan fingerprint density at radius 3 is 2.89 bits per heavy atom. The fourth-order valence-corrected chi connectivity index (χ4v) is 2.16. The number of hydrogen-bond donors (Lipinski definition) is 1. The standard InChI is InChI=1S/C13H14ClF2NO2/c1-8(9-3-2-4-10(14)5-9)17-7-11-6-13(15,16)12(18)19-11/h2-5,8,11,17H,6-7H2,1H3/t8-,11?/m1/s1. The van der Waals surface area contributed by atoms with E-state index >= 15 is 0 Å². The molecule has 2 rings (SSSR count). The summed E-state index contributed by atoms with van der Waals surface area (Å²) in [5, 5.41) is 3.67. The van der Waals surface area contributed by atoms with Gasteiger partial charge >= 0.3 is 11.9 Å². The molecule has 6 heteroatoms. The predicted octanol–water partition coefficient (Wildman–Crippen LogP) is 2.94. The van der Waals surface area contributed by atoms with Crippen molar-refractivity contribution in [3.63, 3.8) is 0 Å². The summed E-state index contributed by atoms with van der Waals surface area (Å²) in [6.45, 7) is 2.08. The second kappa shape index (κ2) is 5.43. The Morgan fingerprint density at radius 1 is 1.58 bits per heavy atom. The molecule has 1 aliphatic rings. The van der Waals surface area contributed by atoms with Crippen molar-refractivity contribution >= 4 is 17.6 Å². The molecule has 1 aliphatic heterocycles. The van der Waals surface area contributed by atoms with Crippen LogP contribution in [0.1, 0.15) is 24.9 Å². The summed E-state index contributed by atoms with van der Waals surface area (Å²) >= 11 is 5.88. The quantitative estimate of drug-likeness (QED) is 0.866. The first-order chi connectivity index (χ1) is 8.88. The van der Waals surface area contributed by atoms with Gasteiger partial charge in [0.15, 0.2) is 0 Å². The molecule has 1 saturated heterocycles. The molecule has 1 heterocycles. The van der Waals surface area contributed by atoms with E-state index in [2.05, 4.69) is 10.1 Å². The van der Waals surface area contributed by atoms with E-state index in [1.807, 2.05) is 19.1 Å². The number of esters is 1. The molecule has 0 amide bonds. The first kappa shape index (κ1) is 14.2. The second-order valence-electron chi connectivity index (χ2n) is 4.62. The second-order valence-corrected chi connectivity index (χ2v) is 5.06. The molecule has 0 radical (unpaired) electrons. The number of cyclic esters (lactones) is 1. The van der Waals surface area contributed by atoms with Gasteiger partial charge in [-0.1, -0.05) is 23.7 Å². The Kier molecular flexibility index (Phi) is 4.06. The lowest BCUT2D eigenvalue weighted by Crippen LogP contribution is -2.29. The van der Waals surface area contributed by atoms with Crippen LogP contribution >= 0.6 is 11.6 Å². The Labute approximate surface area is 114 Å². The highest BCUT2D eigenvalue weighted by Crippen LogP contribution is 2.30. The number of alkyl halides is 2. The van der Waals surface area contributed by atoms with E-state index in [1.54, 1.807) is 12.1 Å². The molecule has 1 aromatic rings. The largest absolute Gasteiger partial charge is 0.456 e. The molecular formula is C13H14ClF2NO2. The molecule has 1 N–H and O–H groups in total. The lowest BCUT2D eigenvalue weighted by atomic mass is 10.1. The molecule has 104 valence electrons. The van der Waals surface area contributed by atoms with Gasteiger partial charge in [0.2, 0.25) is 0 Å². The average Bonchev–Trinajstić information content (AvgIpc) is 2.60. The van der Waals surface area contributed by atoms with Gasteiger partial charge in [0, 0.05) is 17.6 Å². The summed E-state index contributed by atoms with van der Waals surface area (Å²) < 4.78 is 30.5. The Bertz CT molecular complexity index is 481. The van der Waals surface area contributed by atoms with Crippen LogP contribution in [0.2, 0.25) is 5.02 Å². The summed E-state index contributed by atoms with van der Waals surface area (Å²) in [4.78, 5) is 10.8. The highest BCUT2D eigenvalue weighted by atomic mass is 35.5.